The Hall–Kier alpha value is -2.83. The summed E-state index contributed by atoms with van der Waals surface area (Å²) < 4.78 is 57.6. The molecule has 1 aromatic heterocycles. The fourth-order valence-corrected chi connectivity index (χ4v) is 3.11. The van der Waals surface area contributed by atoms with Crippen LogP contribution in [0.4, 0.5) is 17.6 Å². The number of oxazole rings is 1. The third-order valence-corrected chi connectivity index (χ3v) is 4.74. The van der Waals surface area contributed by atoms with Gasteiger partial charge in [0.1, 0.15) is 11.6 Å². The molecule has 1 aromatic rings. The summed E-state index contributed by atoms with van der Waals surface area (Å²) >= 11 is 0. The van der Waals surface area contributed by atoms with E-state index in [9.17, 15) is 17.6 Å². The van der Waals surface area contributed by atoms with E-state index in [4.69, 9.17) is 10.2 Å². The van der Waals surface area contributed by atoms with Gasteiger partial charge in [-0.15, -0.1) is 0 Å². The molecule has 34 heavy (non-hydrogen) atoms. The molecule has 0 aliphatic heterocycles. The molecule has 2 N–H and O–H groups in total. The summed E-state index contributed by atoms with van der Waals surface area (Å²) in [6, 6.07) is 0. The largest absolute Gasteiger partial charge is 0.441 e. The summed E-state index contributed by atoms with van der Waals surface area (Å²) in [6.07, 6.45) is 13.4. The minimum absolute atomic E-state index is 0.256. The van der Waals surface area contributed by atoms with Crippen molar-refractivity contribution in [3.8, 4) is 0 Å². The topological polar surface area (TPSA) is 52.0 Å². The highest BCUT2D eigenvalue weighted by atomic mass is 19.4. The third-order valence-electron chi connectivity index (χ3n) is 4.74. The van der Waals surface area contributed by atoms with Gasteiger partial charge in [-0.25, -0.2) is 9.37 Å². The van der Waals surface area contributed by atoms with Gasteiger partial charge >= 0.3 is 6.18 Å². The van der Waals surface area contributed by atoms with E-state index in [1.807, 2.05) is 6.08 Å². The zero-order chi connectivity index (χ0) is 25.6. The second-order valence-electron chi connectivity index (χ2n) is 7.91. The number of halogens is 4. The van der Waals surface area contributed by atoms with Crippen molar-refractivity contribution in [2.45, 2.75) is 78.8 Å². The lowest BCUT2D eigenvalue weighted by Crippen LogP contribution is -2.10. The van der Waals surface area contributed by atoms with Gasteiger partial charge in [-0.1, -0.05) is 44.6 Å². The maximum absolute atomic E-state index is 13.1. The van der Waals surface area contributed by atoms with Gasteiger partial charge in [-0.2, -0.15) is 13.2 Å². The van der Waals surface area contributed by atoms with Crippen molar-refractivity contribution in [2.75, 3.05) is 0 Å². The molecule has 188 valence electrons. The highest BCUT2D eigenvalue weighted by Crippen LogP contribution is 2.31. The zero-order valence-electron chi connectivity index (χ0n) is 20.5. The van der Waals surface area contributed by atoms with Gasteiger partial charge in [0, 0.05) is 17.7 Å². The Morgan fingerprint density at radius 1 is 1.12 bits per heavy atom. The van der Waals surface area contributed by atoms with E-state index < -0.39 is 11.7 Å². The number of unbranched alkanes of at least 4 members (excludes halogenated alkanes) is 1. The van der Waals surface area contributed by atoms with Crippen LogP contribution in [-0.4, -0.2) is 11.2 Å². The molecule has 1 aliphatic carbocycles. The monoisotopic (exact) mass is 480 g/mol. The number of hydrogen-bond donors (Lipinski definition) is 1. The van der Waals surface area contributed by atoms with Crippen LogP contribution in [-0.2, 0) is 12.8 Å². The van der Waals surface area contributed by atoms with Crippen LogP contribution in [0.25, 0.3) is 5.57 Å². The summed E-state index contributed by atoms with van der Waals surface area (Å²) in [5, 5.41) is 0. The smallest absolute Gasteiger partial charge is 0.416 e. The molecule has 0 saturated heterocycles. The molecule has 0 aromatic carbocycles. The molecule has 0 bridgehead atoms. The fraction of sp³-hybridized carbons (Fsp3) is 0.444. The second kappa shape index (κ2) is 15.1. The molecule has 0 fully saturated rings. The number of allylic oxidation sites excluding steroid dienone is 12. The van der Waals surface area contributed by atoms with E-state index in [1.165, 1.54) is 18.2 Å². The first kappa shape index (κ1) is 29.2. The van der Waals surface area contributed by atoms with Crippen LogP contribution in [0.5, 0.6) is 0 Å². The lowest BCUT2D eigenvalue weighted by atomic mass is 10.0. The maximum atomic E-state index is 13.1. The zero-order valence-corrected chi connectivity index (χ0v) is 20.5. The van der Waals surface area contributed by atoms with Crippen molar-refractivity contribution >= 4 is 5.57 Å². The van der Waals surface area contributed by atoms with Gasteiger partial charge in [0.15, 0.2) is 0 Å². The molecule has 0 saturated carbocycles. The molecule has 1 aliphatic rings. The lowest BCUT2D eigenvalue weighted by molar-refractivity contribution is -0.0883. The average Bonchev–Trinajstić information content (AvgIpc) is 3.21. The molecule has 3 nitrogen and oxygen atoms in total. The number of fused-ring (bicyclic) bond motifs is 1. The van der Waals surface area contributed by atoms with Crippen LogP contribution in [0.1, 0.15) is 77.1 Å². The van der Waals surface area contributed by atoms with E-state index in [1.54, 1.807) is 39.0 Å². The van der Waals surface area contributed by atoms with Crippen LogP contribution in [0, 0.1) is 0 Å². The second-order valence-corrected chi connectivity index (χ2v) is 7.91. The Morgan fingerprint density at radius 3 is 2.38 bits per heavy atom. The number of rotatable bonds is 8. The molecule has 7 heteroatoms. The highest BCUT2D eigenvalue weighted by Gasteiger charge is 2.32. The van der Waals surface area contributed by atoms with Gasteiger partial charge in [-0.3, -0.25) is 0 Å². The number of aromatic nitrogens is 1. The standard InChI is InChI=1S/C17H20F3NO.C10H16FN/c1-3-7-12(11-13(8-4-2)17(18,19)20)16-21-14-9-5-6-10-15(14)22-16;1-3-4-5-6-10(11)8-7-9(2)12/h3,7-8,11H,4-6,9-10H2,1-2H3;5-8H,3-4,12H2,1-2H3/b7-3-,12-11+,13-8-;6-5+,9-7+,10-8+. The van der Waals surface area contributed by atoms with Crippen molar-refractivity contribution in [1.82, 2.24) is 4.98 Å². The molecule has 0 atom stereocenters. The van der Waals surface area contributed by atoms with E-state index in [2.05, 4.69) is 11.9 Å². The van der Waals surface area contributed by atoms with Gasteiger partial charge in [0.2, 0.25) is 5.89 Å². The Balaban J connectivity index is 0.000000411. The van der Waals surface area contributed by atoms with Crippen molar-refractivity contribution < 1.29 is 22.0 Å². The van der Waals surface area contributed by atoms with E-state index in [0.717, 1.165) is 56.1 Å². The first-order valence-electron chi connectivity index (χ1n) is 11.7. The van der Waals surface area contributed by atoms with Crippen LogP contribution in [0.2, 0.25) is 0 Å². The van der Waals surface area contributed by atoms with Crippen LogP contribution in [0.3, 0.4) is 0 Å². The molecule has 0 unspecified atom stereocenters. The van der Waals surface area contributed by atoms with Crippen LogP contribution in [0.15, 0.2) is 70.1 Å². The number of hydrogen-bond acceptors (Lipinski definition) is 3. The number of aryl methyl sites for hydroxylation is 2. The maximum Gasteiger partial charge on any atom is 0.416 e. The van der Waals surface area contributed by atoms with Gasteiger partial charge in [0.25, 0.3) is 0 Å². The summed E-state index contributed by atoms with van der Waals surface area (Å²) in [7, 11) is 0. The Morgan fingerprint density at radius 2 is 1.82 bits per heavy atom. The Kier molecular flexibility index (Phi) is 13.0. The normalized spacial score (nSPS) is 16.1. The van der Waals surface area contributed by atoms with Gasteiger partial charge in [0.05, 0.1) is 11.3 Å². The van der Waals surface area contributed by atoms with E-state index >= 15 is 0 Å². The summed E-state index contributed by atoms with van der Waals surface area (Å²) in [5.74, 6) is 0.828. The van der Waals surface area contributed by atoms with Crippen molar-refractivity contribution in [1.29, 1.82) is 0 Å². The number of alkyl halides is 3. The first-order valence-corrected chi connectivity index (χ1v) is 11.7. The predicted octanol–water partition coefficient (Wildman–Crippen LogP) is 8.47. The lowest BCUT2D eigenvalue weighted by Gasteiger charge is -2.08. The molecule has 2 rings (SSSR count). The molecule has 1 heterocycles. The van der Waals surface area contributed by atoms with E-state index in [-0.39, 0.29) is 11.7 Å². The number of nitrogens with two attached hydrogens (primary N) is 1. The number of nitrogens with zero attached hydrogens (tertiary/aromatic N) is 1. The fourth-order valence-electron chi connectivity index (χ4n) is 3.11. The molecule has 0 radical (unpaired) electrons. The summed E-state index contributed by atoms with van der Waals surface area (Å²) in [5.41, 5.74) is 6.49. The van der Waals surface area contributed by atoms with E-state index in [0.29, 0.717) is 17.7 Å². The van der Waals surface area contributed by atoms with Gasteiger partial charge in [-0.05, 0) is 70.3 Å². The highest BCUT2D eigenvalue weighted by molar-refractivity contribution is 5.71. The quantitative estimate of drug-likeness (QED) is 0.300. The van der Waals surface area contributed by atoms with Crippen molar-refractivity contribution in [3.05, 3.63) is 83.1 Å². The minimum Gasteiger partial charge on any atom is -0.441 e. The minimum atomic E-state index is -4.38. The predicted molar refractivity (Wildman–Crippen MR) is 132 cm³/mol. The summed E-state index contributed by atoms with van der Waals surface area (Å²) in [6.45, 7) is 7.21. The molecule has 0 amide bonds. The molecular weight excluding hydrogens is 444 g/mol. The van der Waals surface area contributed by atoms with Crippen molar-refractivity contribution in [3.63, 3.8) is 0 Å². The average molecular weight is 481 g/mol. The van der Waals surface area contributed by atoms with Crippen molar-refractivity contribution in [2.24, 2.45) is 5.73 Å². The van der Waals surface area contributed by atoms with Gasteiger partial charge < -0.3 is 10.2 Å². The Bertz CT molecular complexity index is 917. The first-order chi connectivity index (χ1) is 16.1. The SMILES string of the molecule is CCC/C=C/C(F)=C\C=C(/C)N.C\C=C/C(=C\C(=C\CC)C(F)(F)F)c1nc2c(o1)CCCC2. The Labute approximate surface area is 200 Å². The third kappa shape index (κ3) is 10.9. The van der Waals surface area contributed by atoms with Crippen LogP contribution >= 0.6 is 0 Å². The summed E-state index contributed by atoms with van der Waals surface area (Å²) in [4.78, 5) is 4.38. The van der Waals surface area contributed by atoms with Crippen LogP contribution < -0.4 is 5.73 Å². The molecular formula is C27H36F4N2O. The molecule has 0 spiro atoms.